The Kier molecular flexibility index (Phi) is 3.57. The van der Waals surface area contributed by atoms with Gasteiger partial charge in [0.2, 0.25) is 5.76 Å². The maximum Gasteiger partial charge on any atom is 0.292 e. The molecule has 0 bridgehead atoms. The summed E-state index contributed by atoms with van der Waals surface area (Å²) >= 11 is 0. The number of oxazole rings is 1. The van der Waals surface area contributed by atoms with Crippen LogP contribution in [0.25, 0.3) is 0 Å². The summed E-state index contributed by atoms with van der Waals surface area (Å²) in [5.41, 5.74) is 6.17. The molecule has 0 aliphatic carbocycles. The molecule has 6 nitrogen and oxygen atoms in total. The third-order valence-electron chi connectivity index (χ3n) is 2.48. The van der Waals surface area contributed by atoms with Crippen LogP contribution < -0.4 is 5.73 Å². The highest BCUT2D eigenvalue weighted by Crippen LogP contribution is 2.10. The van der Waals surface area contributed by atoms with Crippen molar-refractivity contribution in [2.45, 2.75) is 13.5 Å². The minimum Gasteiger partial charge on any atom is -0.418 e. The molecule has 0 saturated heterocycles. The molecule has 2 N–H and O–H groups in total. The molecule has 94 valence electrons. The van der Waals surface area contributed by atoms with Crippen molar-refractivity contribution in [2.75, 3.05) is 12.3 Å². The summed E-state index contributed by atoms with van der Waals surface area (Å²) in [6, 6.07) is 5.57. The largest absolute Gasteiger partial charge is 0.418 e. The Labute approximate surface area is 104 Å². The van der Waals surface area contributed by atoms with Gasteiger partial charge < -0.3 is 15.1 Å². The average Bonchev–Trinajstić information content (AvgIpc) is 2.83. The van der Waals surface area contributed by atoms with Gasteiger partial charge in [-0.25, -0.2) is 4.98 Å². The number of amides is 1. The first-order chi connectivity index (χ1) is 8.70. The number of nitrogens with zero attached hydrogens (tertiary/aromatic N) is 3. The highest BCUT2D eigenvalue weighted by Gasteiger charge is 2.18. The lowest BCUT2D eigenvalue weighted by Gasteiger charge is -2.18. The molecule has 0 aromatic carbocycles. The van der Waals surface area contributed by atoms with Crippen LogP contribution in [-0.4, -0.2) is 27.3 Å². The van der Waals surface area contributed by atoms with Gasteiger partial charge in [-0.1, -0.05) is 6.07 Å². The van der Waals surface area contributed by atoms with Gasteiger partial charge >= 0.3 is 0 Å². The molecule has 0 aliphatic heterocycles. The molecule has 2 aromatic heterocycles. The van der Waals surface area contributed by atoms with Crippen LogP contribution in [0.15, 0.2) is 35.0 Å². The Morgan fingerprint density at radius 1 is 1.44 bits per heavy atom. The Morgan fingerprint density at radius 3 is 2.83 bits per heavy atom. The summed E-state index contributed by atoms with van der Waals surface area (Å²) in [6.07, 6.45) is 3.03. The Hall–Kier alpha value is -2.37. The fourth-order valence-electron chi connectivity index (χ4n) is 1.56. The van der Waals surface area contributed by atoms with E-state index < -0.39 is 0 Å². The number of nitrogen functional groups attached to an aromatic ring is 1. The second-order valence-electron chi connectivity index (χ2n) is 3.70. The van der Waals surface area contributed by atoms with E-state index in [9.17, 15) is 4.79 Å². The molecular formula is C12H14N4O2. The molecule has 0 atom stereocenters. The van der Waals surface area contributed by atoms with Gasteiger partial charge in [0.25, 0.3) is 11.9 Å². The quantitative estimate of drug-likeness (QED) is 0.879. The van der Waals surface area contributed by atoms with Crippen LogP contribution in [0, 0.1) is 0 Å². The van der Waals surface area contributed by atoms with E-state index in [0.717, 1.165) is 5.69 Å². The van der Waals surface area contributed by atoms with Crippen molar-refractivity contribution in [1.29, 1.82) is 0 Å². The maximum atomic E-state index is 12.1. The molecule has 2 rings (SSSR count). The number of carbonyl (C=O) groups is 1. The van der Waals surface area contributed by atoms with Crippen LogP contribution >= 0.6 is 0 Å². The smallest absolute Gasteiger partial charge is 0.292 e. The number of hydrogen-bond acceptors (Lipinski definition) is 5. The first-order valence-corrected chi connectivity index (χ1v) is 5.61. The molecule has 0 fully saturated rings. The van der Waals surface area contributed by atoms with E-state index in [4.69, 9.17) is 10.2 Å². The van der Waals surface area contributed by atoms with Gasteiger partial charge in [0.05, 0.1) is 18.4 Å². The zero-order chi connectivity index (χ0) is 13.0. The molecule has 1 amide bonds. The standard InChI is InChI=1S/C12H14N4O2/c1-2-16(8-9-5-3-4-6-14-9)11(17)10-7-15-12(13)18-10/h3-7H,2,8H2,1H3,(H2,13,15). The van der Waals surface area contributed by atoms with E-state index >= 15 is 0 Å². The second kappa shape index (κ2) is 5.31. The number of aromatic nitrogens is 2. The molecule has 0 spiro atoms. The molecule has 0 aliphatic rings. The van der Waals surface area contributed by atoms with E-state index in [2.05, 4.69) is 9.97 Å². The summed E-state index contributed by atoms with van der Waals surface area (Å²) < 4.78 is 5.02. The predicted molar refractivity (Wildman–Crippen MR) is 65.6 cm³/mol. The van der Waals surface area contributed by atoms with Gasteiger partial charge in [-0.15, -0.1) is 0 Å². The summed E-state index contributed by atoms with van der Waals surface area (Å²) in [7, 11) is 0. The first-order valence-electron chi connectivity index (χ1n) is 5.61. The fourth-order valence-corrected chi connectivity index (χ4v) is 1.56. The van der Waals surface area contributed by atoms with E-state index in [0.29, 0.717) is 13.1 Å². The number of anilines is 1. The number of nitrogens with two attached hydrogens (primary N) is 1. The number of pyridine rings is 1. The van der Waals surface area contributed by atoms with Crippen LogP contribution in [0.5, 0.6) is 0 Å². The Morgan fingerprint density at radius 2 is 2.28 bits per heavy atom. The van der Waals surface area contributed by atoms with Gasteiger partial charge in [-0.05, 0) is 19.1 Å². The first kappa shape index (κ1) is 12.1. The molecule has 2 heterocycles. The van der Waals surface area contributed by atoms with Gasteiger partial charge in [-0.3, -0.25) is 9.78 Å². The summed E-state index contributed by atoms with van der Waals surface area (Å²) in [5.74, 6) is -0.0994. The SMILES string of the molecule is CCN(Cc1ccccn1)C(=O)c1cnc(N)o1. The monoisotopic (exact) mass is 246 g/mol. The normalized spacial score (nSPS) is 10.3. The molecule has 18 heavy (non-hydrogen) atoms. The highest BCUT2D eigenvalue weighted by atomic mass is 16.4. The van der Waals surface area contributed by atoms with Crippen LogP contribution in [-0.2, 0) is 6.54 Å². The third kappa shape index (κ3) is 2.65. The van der Waals surface area contributed by atoms with Crippen molar-refractivity contribution in [3.05, 3.63) is 42.0 Å². The Bertz CT molecular complexity index is 524. The molecule has 0 radical (unpaired) electrons. The molecule has 0 unspecified atom stereocenters. The average molecular weight is 246 g/mol. The minimum atomic E-state index is -0.243. The zero-order valence-electron chi connectivity index (χ0n) is 10.0. The number of carbonyl (C=O) groups excluding carboxylic acids is 1. The fraction of sp³-hybridized carbons (Fsp3) is 0.250. The summed E-state index contributed by atoms with van der Waals surface area (Å²) in [6.45, 7) is 2.87. The van der Waals surface area contributed by atoms with E-state index in [1.807, 2.05) is 25.1 Å². The van der Waals surface area contributed by atoms with Crippen LogP contribution in [0.2, 0.25) is 0 Å². The Balaban J connectivity index is 2.12. The minimum absolute atomic E-state index is 0.00719. The topological polar surface area (TPSA) is 85.2 Å². The van der Waals surface area contributed by atoms with Crippen LogP contribution in [0.1, 0.15) is 23.2 Å². The zero-order valence-corrected chi connectivity index (χ0v) is 10.0. The summed E-state index contributed by atoms with van der Waals surface area (Å²) in [4.78, 5) is 21.6. The van der Waals surface area contributed by atoms with Gasteiger partial charge in [0.1, 0.15) is 0 Å². The predicted octanol–water partition coefficient (Wildman–Crippen LogP) is 1.31. The molecule has 2 aromatic rings. The van der Waals surface area contributed by atoms with E-state index in [1.54, 1.807) is 11.1 Å². The van der Waals surface area contributed by atoms with Crippen molar-refractivity contribution in [1.82, 2.24) is 14.9 Å². The number of rotatable bonds is 4. The molecular weight excluding hydrogens is 232 g/mol. The maximum absolute atomic E-state index is 12.1. The lowest BCUT2D eigenvalue weighted by atomic mass is 10.3. The highest BCUT2D eigenvalue weighted by molar-refractivity contribution is 5.91. The van der Waals surface area contributed by atoms with E-state index in [1.165, 1.54) is 6.20 Å². The second-order valence-corrected chi connectivity index (χ2v) is 3.70. The summed E-state index contributed by atoms with van der Waals surface area (Å²) in [5, 5.41) is 0. The molecule has 6 heteroatoms. The van der Waals surface area contributed by atoms with Crippen molar-refractivity contribution in [3.63, 3.8) is 0 Å². The lowest BCUT2D eigenvalue weighted by molar-refractivity contribution is 0.0719. The van der Waals surface area contributed by atoms with Crippen molar-refractivity contribution >= 4 is 11.9 Å². The molecule has 0 saturated carbocycles. The van der Waals surface area contributed by atoms with E-state index in [-0.39, 0.29) is 17.7 Å². The van der Waals surface area contributed by atoms with Crippen molar-refractivity contribution in [2.24, 2.45) is 0 Å². The van der Waals surface area contributed by atoms with Crippen LogP contribution in [0.3, 0.4) is 0 Å². The number of hydrogen-bond donors (Lipinski definition) is 1. The van der Waals surface area contributed by atoms with Gasteiger partial charge in [0.15, 0.2) is 0 Å². The van der Waals surface area contributed by atoms with Gasteiger partial charge in [-0.2, -0.15) is 0 Å². The van der Waals surface area contributed by atoms with Crippen LogP contribution in [0.4, 0.5) is 6.01 Å². The lowest BCUT2D eigenvalue weighted by Crippen LogP contribution is -2.30. The van der Waals surface area contributed by atoms with Crippen molar-refractivity contribution in [3.8, 4) is 0 Å². The van der Waals surface area contributed by atoms with Gasteiger partial charge in [0, 0.05) is 12.7 Å². The third-order valence-corrected chi connectivity index (χ3v) is 2.48. The van der Waals surface area contributed by atoms with Crippen molar-refractivity contribution < 1.29 is 9.21 Å².